The summed E-state index contributed by atoms with van der Waals surface area (Å²) in [7, 11) is 0. The summed E-state index contributed by atoms with van der Waals surface area (Å²) in [4.78, 5) is 15.4. The Hall–Kier alpha value is -7.17. The normalized spacial score (nSPS) is 11.8. The first-order valence-corrected chi connectivity index (χ1v) is 17.8. The SMILES string of the molecule is c1ccc2cc(-c3nc(-c4ccc5ccccc5c4)nc(-c4ccc5oc6c(-c7cccc8ccccc78)c7ccccc7cc6c5c4)n3)ccc2c1. The highest BCUT2D eigenvalue weighted by atomic mass is 16.3. The monoisotopic (exact) mass is 675 g/mol. The van der Waals surface area contributed by atoms with Crippen molar-refractivity contribution in [1.29, 1.82) is 0 Å². The second-order valence-corrected chi connectivity index (χ2v) is 13.6. The number of aromatic nitrogens is 3. The van der Waals surface area contributed by atoms with Crippen LogP contribution in [0.3, 0.4) is 0 Å². The molecule has 0 aliphatic heterocycles. The minimum Gasteiger partial charge on any atom is -0.455 e. The molecule has 0 saturated carbocycles. The maximum Gasteiger partial charge on any atom is 0.164 e. The van der Waals surface area contributed by atoms with Gasteiger partial charge in [0, 0.05) is 33.0 Å². The van der Waals surface area contributed by atoms with E-state index in [-0.39, 0.29) is 0 Å². The van der Waals surface area contributed by atoms with Gasteiger partial charge in [-0.3, -0.25) is 0 Å². The third-order valence-corrected chi connectivity index (χ3v) is 10.5. The van der Waals surface area contributed by atoms with Gasteiger partial charge in [-0.05, 0) is 85.1 Å². The van der Waals surface area contributed by atoms with Gasteiger partial charge in [0.05, 0.1) is 0 Å². The molecular weight excluding hydrogens is 647 g/mol. The maximum absolute atomic E-state index is 6.80. The van der Waals surface area contributed by atoms with Crippen LogP contribution in [0.5, 0.6) is 0 Å². The molecule has 11 rings (SSSR count). The molecule has 2 aromatic heterocycles. The summed E-state index contributed by atoms with van der Waals surface area (Å²) in [6.07, 6.45) is 0. The van der Waals surface area contributed by atoms with Crippen molar-refractivity contribution < 1.29 is 4.42 Å². The van der Waals surface area contributed by atoms with Crippen molar-refractivity contribution in [2.24, 2.45) is 0 Å². The smallest absolute Gasteiger partial charge is 0.164 e. The molecule has 4 nitrogen and oxygen atoms in total. The highest BCUT2D eigenvalue weighted by Crippen LogP contribution is 2.44. The molecule has 0 bridgehead atoms. The molecule has 0 saturated heterocycles. The van der Waals surface area contributed by atoms with Gasteiger partial charge in [-0.15, -0.1) is 0 Å². The van der Waals surface area contributed by atoms with Crippen molar-refractivity contribution in [1.82, 2.24) is 15.0 Å². The van der Waals surface area contributed by atoms with E-state index in [4.69, 9.17) is 19.4 Å². The van der Waals surface area contributed by atoms with E-state index in [0.717, 1.165) is 71.3 Å². The van der Waals surface area contributed by atoms with Crippen LogP contribution in [0, 0.1) is 0 Å². The van der Waals surface area contributed by atoms with Crippen LogP contribution >= 0.6 is 0 Å². The number of hydrogen-bond donors (Lipinski definition) is 0. The lowest BCUT2D eigenvalue weighted by molar-refractivity contribution is 0.670. The fourth-order valence-corrected chi connectivity index (χ4v) is 7.84. The van der Waals surface area contributed by atoms with Crippen LogP contribution in [0.15, 0.2) is 180 Å². The van der Waals surface area contributed by atoms with E-state index in [2.05, 4.69) is 176 Å². The summed E-state index contributed by atoms with van der Waals surface area (Å²) in [5, 5.41) is 11.4. The average molecular weight is 676 g/mol. The number of fused-ring (bicyclic) bond motifs is 7. The number of nitrogens with zero attached hydrogens (tertiary/aromatic N) is 3. The van der Waals surface area contributed by atoms with Crippen LogP contribution < -0.4 is 0 Å². The molecule has 0 amide bonds. The molecule has 53 heavy (non-hydrogen) atoms. The number of furan rings is 1. The van der Waals surface area contributed by atoms with Gasteiger partial charge in [-0.25, -0.2) is 15.0 Å². The standard InChI is InChI=1S/C49H29N3O/c1-3-13-33-26-36(22-20-30(33)10-1)47-50-48(37-23-21-31-11-2-4-14-34(31)27-37)52-49(51-47)38-24-25-44-42(29-38)43-28-35-15-6-8-18-40(35)45(46(43)53-44)41-19-9-16-32-12-5-7-17-39(32)41/h1-29H. The van der Waals surface area contributed by atoms with E-state index in [1.165, 1.54) is 21.5 Å². The van der Waals surface area contributed by atoms with Gasteiger partial charge in [0.15, 0.2) is 17.5 Å². The fraction of sp³-hybridized carbons (Fsp3) is 0. The van der Waals surface area contributed by atoms with Crippen molar-refractivity contribution in [3.8, 4) is 45.3 Å². The van der Waals surface area contributed by atoms with Gasteiger partial charge in [0.1, 0.15) is 11.2 Å². The molecule has 0 radical (unpaired) electrons. The van der Waals surface area contributed by atoms with Crippen LogP contribution in [0.2, 0.25) is 0 Å². The zero-order chi connectivity index (χ0) is 34.9. The maximum atomic E-state index is 6.80. The van der Waals surface area contributed by atoms with Crippen molar-refractivity contribution in [2.45, 2.75) is 0 Å². The Labute approximate surface area is 304 Å². The van der Waals surface area contributed by atoms with E-state index >= 15 is 0 Å². The predicted molar refractivity (Wildman–Crippen MR) is 219 cm³/mol. The summed E-state index contributed by atoms with van der Waals surface area (Å²) in [6, 6.07) is 61.7. The third-order valence-electron chi connectivity index (χ3n) is 10.5. The Morgan fingerprint density at radius 1 is 0.321 bits per heavy atom. The molecule has 0 unspecified atom stereocenters. The lowest BCUT2D eigenvalue weighted by atomic mass is 9.92. The molecule has 246 valence electrons. The molecular formula is C49H29N3O. The number of benzene rings is 9. The molecule has 2 heterocycles. The van der Waals surface area contributed by atoms with Crippen LogP contribution in [0.4, 0.5) is 0 Å². The predicted octanol–water partition coefficient (Wildman–Crippen LogP) is 13.1. The lowest BCUT2D eigenvalue weighted by Gasteiger charge is -2.11. The fourth-order valence-electron chi connectivity index (χ4n) is 7.84. The van der Waals surface area contributed by atoms with Crippen LogP contribution in [0.1, 0.15) is 0 Å². The molecule has 4 heteroatoms. The number of hydrogen-bond acceptors (Lipinski definition) is 4. The van der Waals surface area contributed by atoms with Crippen LogP contribution in [0.25, 0.3) is 110 Å². The zero-order valence-corrected chi connectivity index (χ0v) is 28.5. The molecule has 0 spiro atoms. The number of rotatable bonds is 4. The summed E-state index contributed by atoms with van der Waals surface area (Å²) >= 11 is 0. The minimum absolute atomic E-state index is 0.609. The first-order valence-electron chi connectivity index (χ1n) is 17.8. The molecule has 0 aliphatic carbocycles. The molecule has 9 aromatic carbocycles. The lowest BCUT2D eigenvalue weighted by Crippen LogP contribution is -2.00. The van der Waals surface area contributed by atoms with Crippen molar-refractivity contribution in [3.05, 3.63) is 176 Å². The highest BCUT2D eigenvalue weighted by molar-refractivity contribution is 6.21. The first-order chi connectivity index (χ1) is 26.2. The van der Waals surface area contributed by atoms with Crippen LogP contribution in [-0.4, -0.2) is 15.0 Å². The Bertz CT molecular complexity index is 3150. The summed E-state index contributed by atoms with van der Waals surface area (Å²) in [6.45, 7) is 0. The summed E-state index contributed by atoms with van der Waals surface area (Å²) in [5.74, 6) is 1.87. The van der Waals surface area contributed by atoms with Crippen LogP contribution in [-0.2, 0) is 0 Å². The summed E-state index contributed by atoms with van der Waals surface area (Å²) < 4.78 is 6.80. The first kappa shape index (κ1) is 29.5. The molecule has 0 atom stereocenters. The molecule has 0 N–H and O–H groups in total. The Kier molecular flexibility index (Phi) is 6.52. The van der Waals surface area contributed by atoms with Crippen molar-refractivity contribution in [2.75, 3.05) is 0 Å². The van der Waals surface area contributed by atoms with Gasteiger partial charge >= 0.3 is 0 Å². The van der Waals surface area contributed by atoms with E-state index in [1.807, 2.05) is 0 Å². The van der Waals surface area contributed by atoms with E-state index < -0.39 is 0 Å². The zero-order valence-electron chi connectivity index (χ0n) is 28.5. The average Bonchev–Trinajstić information content (AvgIpc) is 3.59. The second kappa shape index (κ2) is 11.7. The topological polar surface area (TPSA) is 51.8 Å². The third kappa shape index (κ3) is 4.88. The Morgan fingerprint density at radius 3 is 1.49 bits per heavy atom. The Balaban J connectivity index is 1.14. The largest absolute Gasteiger partial charge is 0.455 e. The van der Waals surface area contributed by atoms with Gasteiger partial charge in [-0.1, -0.05) is 140 Å². The summed E-state index contributed by atoms with van der Waals surface area (Å²) in [5.41, 5.74) is 6.72. The molecule has 11 aromatic rings. The van der Waals surface area contributed by atoms with E-state index in [1.54, 1.807) is 0 Å². The van der Waals surface area contributed by atoms with Gasteiger partial charge in [0.25, 0.3) is 0 Å². The van der Waals surface area contributed by atoms with E-state index in [9.17, 15) is 0 Å². The van der Waals surface area contributed by atoms with Gasteiger partial charge < -0.3 is 4.42 Å². The van der Waals surface area contributed by atoms with Gasteiger partial charge in [0.2, 0.25) is 0 Å². The second-order valence-electron chi connectivity index (χ2n) is 13.6. The quantitative estimate of drug-likeness (QED) is 0.186. The minimum atomic E-state index is 0.609. The van der Waals surface area contributed by atoms with Crippen molar-refractivity contribution >= 4 is 65.0 Å². The molecule has 0 aliphatic rings. The molecule has 0 fully saturated rings. The Morgan fingerprint density at radius 2 is 0.830 bits per heavy atom. The van der Waals surface area contributed by atoms with Crippen molar-refractivity contribution in [3.63, 3.8) is 0 Å². The van der Waals surface area contributed by atoms with Gasteiger partial charge in [-0.2, -0.15) is 0 Å². The highest BCUT2D eigenvalue weighted by Gasteiger charge is 2.20. The van der Waals surface area contributed by atoms with E-state index in [0.29, 0.717) is 17.5 Å².